The van der Waals surface area contributed by atoms with E-state index in [0.29, 0.717) is 6.54 Å². The van der Waals surface area contributed by atoms with Crippen LogP contribution in [0.5, 0.6) is 0 Å². The average Bonchev–Trinajstić information content (AvgIpc) is 2.66. The Morgan fingerprint density at radius 2 is 2.05 bits per heavy atom. The first-order chi connectivity index (χ1) is 9.13. The molecule has 0 radical (unpaired) electrons. The highest BCUT2D eigenvalue weighted by Crippen LogP contribution is 2.14. The van der Waals surface area contributed by atoms with Crippen molar-refractivity contribution in [1.29, 1.82) is 0 Å². The standard InChI is InChI=1S/C15H13FN2O/c1-10-5-6-13-14(7-10)18(15(19)17-13)9-11-3-2-4-12(16)8-11/h2-8H,9H2,1H3,(H,17,19). The minimum atomic E-state index is -0.290. The number of hydrogen-bond acceptors (Lipinski definition) is 1. The van der Waals surface area contributed by atoms with Crippen molar-refractivity contribution in [2.45, 2.75) is 13.5 Å². The van der Waals surface area contributed by atoms with Gasteiger partial charge in [0.15, 0.2) is 0 Å². The van der Waals surface area contributed by atoms with E-state index in [-0.39, 0.29) is 11.5 Å². The number of aromatic amines is 1. The summed E-state index contributed by atoms with van der Waals surface area (Å²) >= 11 is 0. The summed E-state index contributed by atoms with van der Waals surface area (Å²) in [7, 11) is 0. The van der Waals surface area contributed by atoms with Crippen LogP contribution in [0.2, 0.25) is 0 Å². The lowest BCUT2D eigenvalue weighted by Crippen LogP contribution is -2.17. The van der Waals surface area contributed by atoms with Crippen molar-refractivity contribution in [2.75, 3.05) is 0 Å². The molecule has 0 spiro atoms. The van der Waals surface area contributed by atoms with E-state index in [0.717, 1.165) is 22.2 Å². The fraction of sp³-hybridized carbons (Fsp3) is 0.133. The summed E-state index contributed by atoms with van der Waals surface area (Å²) in [5.74, 6) is -0.290. The number of benzene rings is 2. The molecule has 1 aromatic heterocycles. The molecule has 0 aliphatic carbocycles. The van der Waals surface area contributed by atoms with E-state index in [9.17, 15) is 9.18 Å². The molecule has 3 aromatic rings. The number of H-pyrrole nitrogens is 1. The number of aryl methyl sites for hydroxylation is 1. The molecule has 96 valence electrons. The Morgan fingerprint density at radius 3 is 2.84 bits per heavy atom. The van der Waals surface area contributed by atoms with E-state index in [2.05, 4.69) is 4.98 Å². The molecule has 1 N–H and O–H groups in total. The van der Waals surface area contributed by atoms with Gasteiger partial charge in [-0.1, -0.05) is 18.2 Å². The van der Waals surface area contributed by atoms with Crippen LogP contribution in [0, 0.1) is 12.7 Å². The van der Waals surface area contributed by atoms with Crippen molar-refractivity contribution in [2.24, 2.45) is 0 Å². The highest BCUT2D eigenvalue weighted by atomic mass is 19.1. The fourth-order valence-electron chi connectivity index (χ4n) is 2.24. The monoisotopic (exact) mass is 256 g/mol. The van der Waals surface area contributed by atoms with Crippen LogP contribution in [0.3, 0.4) is 0 Å². The third kappa shape index (κ3) is 2.17. The highest BCUT2D eigenvalue weighted by Gasteiger charge is 2.07. The van der Waals surface area contributed by atoms with Gasteiger partial charge in [0.05, 0.1) is 17.6 Å². The van der Waals surface area contributed by atoms with Gasteiger partial charge in [0, 0.05) is 0 Å². The first kappa shape index (κ1) is 11.7. The topological polar surface area (TPSA) is 37.8 Å². The molecule has 19 heavy (non-hydrogen) atoms. The van der Waals surface area contributed by atoms with Crippen molar-refractivity contribution >= 4 is 11.0 Å². The van der Waals surface area contributed by atoms with Crippen molar-refractivity contribution in [3.05, 3.63) is 69.9 Å². The van der Waals surface area contributed by atoms with Crippen LogP contribution < -0.4 is 5.69 Å². The molecule has 3 nitrogen and oxygen atoms in total. The number of nitrogens with one attached hydrogen (secondary N) is 1. The van der Waals surface area contributed by atoms with E-state index < -0.39 is 0 Å². The lowest BCUT2D eigenvalue weighted by atomic mass is 10.2. The molecule has 1 heterocycles. The predicted octanol–water partition coefficient (Wildman–Crippen LogP) is 2.83. The number of hydrogen-bond donors (Lipinski definition) is 1. The normalized spacial score (nSPS) is 11.1. The summed E-state index contributed by atoms with van der Waals surface area (Å²) in [6.07, 6.45) is 0. The first-order valence-electron chi connectivity index (χ1n) is 6.07. The Bertz CT molecular complexity index is 801. The van der Waals surface area contributed by atoms with E-state index >= 15 is 0 Å². The van der Waals surface area contributed by atoms with Gasteiger partial charge in [0.1, 0.15) is 5.82 Å². The smallest absolute Gasteiger partial charge is 0.306 e. The van der Waals surface area contributed by atoms with Gasteiger partial charge in [0.2, 0.25) is 0 Å². The average molecular weight is 256 g/mol. The Kier molecular flexibility index (Phi) is 2.71. The molecule has 0 saturated heterocycles. The predicted molar refractivity (Wildman–Crippen MR) is 72.8 cm³/mol. The van der Waals surface area contributed by atoms with E-state index in [1.165, 1.54) is 12.1 Å². The van der Waals surface area contributed by atoms with E-state index in [4.69, 9.17) is 0 Å². The Balaban J connectivity index is 2.12. The van der Waals surface area contributed by atoms with Gasteiger partial charge in [-0.2, -0.15) is 0 Å². The SMILES string of the molecule is Cc1ccc2[nH]c(=O)n(Cc3cccc(F)c3)c2c1. The molecular formula is C15H13FN2O. The second kappa shape index (κ2) is 4.39. The lowest BCUT2D eigenvalue weighted by molar-refractivity contribution is 0.623. The Hall–Kier alpha value is -2.36. The number of rotatable bonds is 2. The summed E-state index contributed by atoms with van der Waals surface area (Å²) < 4.78 is 14.8. The summed E-state index contributed by atoms with van der Waals surface area (Å²) in [6, 6.07) is 12.1. The molecule has 0 bridgehead atoms. The maximum atomic E-state index is 13.2. The molecule has 2 aromatic carbocycles. The van der Waals surface area contributed by atoms with Gasteiger partial charge in [-0.3, -0.25) is 4.57 Å². The molecule has 0 saturated carbocycles. The third-order valence-corrected chi connectivity index (χ3v) is 3.16. The second-order valence-corrected chi connectivity index (χ2v) is 4.67. The minimum absolute atomic E-state index is 0.176. The van der Waals surface area contributed by atoms with Gasteiger partial charge < -0.3 is 4.98 Å². The van der Waals surface area contributed by atoms with Crippen LogP contribution in [0.15, 0.2) is 47.3 Å². The molecular weight excluding hydrogens is 243 g/mol. The zero-order valence-electron chi connectivity index (χ0n) is 10.5. The molecule has 3 rings (SSSR count). The molecule has 4 heteroatoms. The zero-order valence-corrected chi connectivity index (χ0v) is 10.5. The maximum Gasteiger partial charge on any atom is 0.326 e. The summed E-state index contributed by atoms with van der Waals surface area (Å²) in [5.41, 5.74) is 3.31. The highest BCUT2D eigenvalue weighted by molar-refractivity contribution is 5.76. The molecule has 0 fully saturated rings. The van der Waals surface area contributed by atoms with Gasteiger partial charge in [-0.15, -0.1) is 0 Å². The quantitative estimate of drug-likeness (QED) is 0.752. The minimum Gasteiger partial charge on any atom is -0.306 e. The van der Waals surface area contributed by atoms with Crippen LogP contribution in [0.1, 0.15) is 11.1 Å². The molecule has 0 unspecified atom stereocenters. The number of fused-ring (bicyclic) bond motifs is 1. The summed E-state index contributed by atoms with van der Waals surface area (Å²) in [6.45, 7) is 2.34. The van der Waals surface area contributed by atoms with Crippen LogP contribution in [0.4, 0.5) is 4.39 Å². The molecule has 0 aliphatic rings. The Morgan fingerprint density at radius 1 is 1.21 bits per heavy atom. The van der Waals surface area contributed by atoms with Crippen LogP contribution in [0.25, 0.3) is 11.0 Å². The molecule has 0 aliphatic heterocycles. The van der Waals surface area contributed by atoms with E-state index in [1.54, 1.807) is 10.6 Å². The first-order valence-corrected chi connectivity index (χ1v) is 6.07. The van der Waals surface area contributed by atoms with Gasteiger partial charge in [-0.05, 0) is 42.3 Å². The fourth-order valence-corrected chi connectivity index (χ4v) is 2.24. The van der Waals surface area contributed by atoms with Gasteiger partial charge >= 0.3 is 5.69 Å². The van der Waals surface area contributed by atoms with E-state index in [1.807, 2.05) is 31.2 Å². The van der Waals surface area contributed by atoms with Crippen LogP contribution in [-0.2, 0) is 6.54 Å². The lowest BCUT2D eigenvalue weighted by Gasteiger charge is -2.04. The second-order valence-electron chi connectivity index (χ2n) is 4.67. The van der Waals surface area contributed by atoms with Crippen molar-refractivity contribution in [1.82, 2.24) is 9.55 Å². The van der Waals surface area contributed by atoms with Crippen LogP contribution in [-0.4, -0.2) is 9.55 Å². The third-order valence-electron chi connectivity index (χ3n) is 3.16. The summed E-state index contributed by atoms with van der Waals surface area (Å²) in [5, 5.41) is 0. The molecule has 0 atom stereocenters. The van der Waals surface area contributed by atoms with Crippen molar-refractivity contribution < 1.29 is 4.39 Å². The van der Waals surface area contributed by atoms with Crippen LogP contribution >= 0.6 is 0 Å². The Labute approximate surface area is 109 Å². The molecule has 0 amide bonds. The summed E-state index contributed by atoms with van der Waals surface area (Å²) in [4.78, 5) is 14.8. The number of imidazole rings is 1. The number of nitrogens with zero attached hydrogens (tertiary/aromatic N) is 1. The number of aromatic nitrogens is 2. The maximum absolute atomic E-state index is 13.2. The van der Waals surface area contributed by atoms with Gasteiger partial charge in [-0.25, -0.2) is 9.18 Å². The van der Waals surface area contributed by atoms with Crippen molar-refractivity contribution in [3.63, 3.8) is 0 Å². The number of halogens is 1. The zero-order chi connectivity index (χ0) is 13.4. The van der Waals surface area contributed by atoms with Gasteiger partial charge in [0.25, 0.3) is 0 Å². The largest absolute Gasteiger partial charge is 0.326 e. The van der Waals surface area contributed by atoms with Crippen molar-refractivity contribution in [3.8, 4) is 0 Å².